The molecule has 1 aromatic carbocycles. The van der Waals surface area contributed by atoms with Crippen molar-refractivity contribution < 1.29 is 23.1 Å². The van der Waals surface area contributed by atoms with Gasteiger partial charge in [0.2, 0.25) is 0 Å². The number of benzene rings is 1. The first kappa shape index (κ1) is 12.4. The highest BCUT2D eigenvalue weighted by molar-refractivity contribution is 5.93. The molecule has 0 heterocycles. The van der Waals surface area contributed by atoms with E-state index in [1.165, 1.54) is 18.2 Å². The molecule has 0 radical (unpaired) electrons. The summed E-state index contributed by atoms with van der Waals surface area (Å²) >= 11 is 0. The van der Waals surface area contributed by atoms with Crippen molar-refractivity contribution in [1.29, 1.82) is 0 Å². The SMILES string of the molecule is Nc1ccc(CCC(F)(F)F)cc1C(=O)O. The van der Waals surface area contributed by atoms with Crippen LogP contribution in [0.2, 0.25) is 0 Å². The maximum absolute atomic E-state index is 11.9. The van der Waals surface area contributed by atoms with Gasteiger partial charge in [-0.1, -0.05) is 6.07 Å². The van der Waals surface area contributed by atoms with Crippen molar-refractivity contribution in [3.05, 3.63) is 29.3 Å². The van der Waals surface area contributed by atoms with Crippen molar-refractivity contribution in [1.82, 2.24) is 0 Å². The van der Waals surface area contributed by atoms with Crippen molar-refractivity contribution in [2.45, 2.75) is 19.0 Å². The molecule has 16 heavy (non-hydrogen) atoms. The monoisotopic (exact) mass is 233 g/mol. The van der Waals surface area contributed by atoms with E-state index in [9.17, 15) is 18.0 Å². The molecule has 0 fully saturated rings. The average molecular weight is 233 g/mol. The summed E-state index contributed by atoms with van der Waals surface area (Å²) in [5.74, 6) is -1.24. The number of aryl methyl sites for hydroxylation is 1. The molecule has 0 spiro atoms. The molecule has 0 atom stereocenters. The molecule has 0 saturated heterocycles. The summed E-state index contributed by atoms with van der Waals surface area (Å²) in [6.07, 6.45) is -5.47. The molecule has 0 aromatic heterocycles. The van der Waals surface area contributed by atoms with E-state index in [1.54, 1.807) is 0 Å². The van der Waals surface area contributed by atoms with Gasteiger partial charge in [0.15, 0.2) is 0 Å². The quantitative estimate of drug-likeness (QED) is 0.788. The van der Waals surface area contributed by atoms with Crippen molar-refractivity contribution >= 4 is 11.7 Å². The van der Waals surface area contributed by atoms with Crippen LogP contribution in [0.4, 0.5) is 18.9 Å². The summed E-state index contributed by atoms with van der Waals surface area (Å²) in [5, 5.41) is 8.72. The summed E-state index contributed by atoms with van der Waals surface area (Å²) in [5.41, 5.74) is 5.56. The number of rotatable bonds is 3. The highest BCUT2D eigenvalue weighted by Crippen LogP contribution is 2.23. The van der Waals surface area contributed by atoms with Crippen LogP contribution in [0.25, 0.3) is 0 Å². The fourth-order valence-corrected chi connectivity index (χ4v) is 1.23. The molecule has 0 aliphatic heterocycles. The Hall–Kier alpha value is -1.72. The molecule has 0 saturated carbocycles. The number of nitrogen functional groups attached to an aromatic ring is 1. The molecule has 0 aliphatic carbocycles. The number of halogens is 3. The highest BCUT2D eigenvalue weighted by atomic mass is 19.4. The number of carboxylic acid groups (broad SMARTS) is 1. The molecule has 1 aromatic rings. The number of carbonyl (C=O) groups is 1. The highest BCUT2D eigenvalue weighted by Gasteiger charge is 2.26. The van der Waals surface area contributed by atoms with Gasteiger partial charge in [-0.15, -0.1) is 0 Å². The van der Waals surface area contributed by atoms with E-state index in [0.29, 0.717) is 5.56 Å². The second-order valence-electron chi connectivity index (χ2n) is 3.34. The summed E-state index contributed by atoms with van der Waals surface area (Å²) < 4.78 is 35.8. The summed E-state index contributed by atoms with van der Waals surface area (Å²) in [7, 11) is 0. The van der Waals surface area contributed by atoms with Gasteiger partial charge in [-0.3, -0.25) is 0 Å². The topological polar surface area (TPSA) is 63.3 Å². The van der Waals surface area contributed by atoms with Crippen LogP contribution in [0.15, 0.2) is 18.2 Å². The normalized spacial score (nSPS) is 11.4. The van der Waals surface area contributed by atoms with Crippen molar-refractivity contribution in [3.63, 3.8) is 0 Å². The van der Waals surface area contributed by atoms with E-state index in [2.05, 4.69) is 0 Å². The Bertz CT molecular complexity index is 402. The number of hydrogen-bond donors (Lipinski definition) is 2. The second kappa shape index (κ2) is 4.42. The molecular formula is C10H10F3NO2. The number of anilines is 1. The third-order valence-electron chi connectivity index (χ3n) is 2.05. The zero-order valence-corrected chi connectivity index (χ0v) is 8.21. The van der Waals surface area contributed by atoms with Gasteiger partial charge >= 0.3 is 12.1 Å². The van der Waals surface area contributed by atoms with Gasteiger partial charge in [0, 0.05) is 12.1 Å². The van der Waals surface area contributed by atoms with Crippen LogP contribution in [0.3, 0.4) is 0 Å². The van der Waals surface area contributed by atoms with Gasteiger partial charge in [-0.05, 0) is 24.1 Å². The maximum atomic E-state index is 11.9. The lowest BCUT2D eigenvalue weighted by Crippen LogP contribution is -2.09. The molecule has 1 rings (SSSR count). The van der Waals surface area contributed by atoms with Crippen LogP contribution in [0.1, 0.15) is 22.3 Å². The summed E-state index contributed by atoms with van der Waals surface area (Å²) in [6.45, 7) is 0. The van der Waals surface area contributed by atoms with E-state index in [4.69, 9.17) is 10.8 Å². The van der Waals surface area contributed by atoms with Crippen LogP contribution < -0.4 is 5.73 Å². The van der Waals surface area contributed by atoms with Crippen molar-refractivity contribution in [3.8, 4) is 0 Å². The van der Waals surface area contributed by atoms with Crippen LogP contribution in [-0.2, 0) is 6.42 Å². The second-order valence-corrected chi connectivity index (χ2v) is 3.34. The maximum Gasteiger partial charge on any atom is 0.389 e. The Morgan fingerprint density at radius 2 is 2.00 bits per heavy atom. The summed E-state index contributed by atoms with van der Waals surface area (Å²) in [6, 6.07) is 3.87. The number of nitrogens with two attached hydrogens (primary N) is 1. The van der Waals surface area contributed by atoms with Crippen molar-refractivity contribution in [2.75, 3.05) is 5.73 Å². The lowest BCUT2D eigenvalue weighted by Gasteiger charge is -2.07. The minimum atomic E-state index is -4.25. The Balaban J connectivity index is 2.83. The first-order valence-electron chi connectivity index (χ1n) is 4.48. The standard InChI is InChI=1S/C10H10F3NO2/c11-10(12,13)4-3-6-1-2-8(14)7(5-6)9(15)16/h1-2,5H,3-4,14H2,(H,15,16). The van der Waals surface area contributed by atoms with Crippen LogP contribution in [-0.4, -0.2) is 17.3 Å². The molecular weight excluding hydrogens is 223 g/mol. The van der Waals surface area contributed by atoms with Gasteiger partial charge in [0.05, 0.1) is 5.56 Å². The lowest BCUT2D eigenvalue weighted by molar-refractivity contribution is -0.133. The number of alkyl halides is 3. The zero-order chi connectivity index (χ0) is 12.3. The molecule has 88 valence electrons. The van der Waals surface area contributed by atoms with E-state index in [1.807, 2.05) is 0 Å². The van der Waals surface area contributed by atoms with Crippen LogP contribution >= 0.6 is 0 Å². The molecule has 0 unspecified atom stereocenters. The molecule has 0 bridgehead atoms. The largest absolute Gasteiger partial charge is 0.478 e. The Morgan fingerprint density at radius 1 is 1.38 bits per heavy atom. The van der Waals surface area contributed by atoms with E-state index >= 15 is 0 Å². The summed E-state index contributed by atoms with van der Waals surface area (Å²) in [4.78, 5) is 10.7. The number of aromatic carboxylic acids is 1. The average Bonchev–Trinajstić information content (AvgIpc) is 2.14. The van der Waals surface area contributed by atoms with E-state index in [0.717, 1.165) is 0 Å². The van der Waals surface area contributed by atoms with Crippen LogP contribution in [0.5, 0.6) is 0 Å². The molecule has 3 N–H and O–H groups in total. The van der Waals surface area contributed by atoms with Gasteiger partial charge < -0.3 is 10.8 Å². The fraction of sp³-hybridized carbons (Fsp3) is 0.300. The third-order valence-corrected chi connectivity index (χ3v) is 2.05. The van der Waals surface area contributed by atoms with Crippen LogP contribution in [0, 0.1) is 0 Å². The molecule has 0 aliphatic rings. The molecule has 6 heteroatoms. The Labute approximate surface area is 89.7 Å². The molecule has 0 amide bonds. The predicted octanol–water partition coefficient (Wildman–Crippen LogP) is 2.46. The molecule has 3 nitrogen and oxygen atoms in total. The zero-order valence-electron chi connectivity index (χ0n) is 8.21. The Morgan fingerprint density at radius 3 is 2.50 bits per heavy atom. The number of carboxylic acids is 1. The van der Waals surface area contributed by atoms with E-state index in [-0.39, 0.29) is 17.7 Å². The smallest absolute Gasteiger partial charge is 0.389 e. The van der Waals surface area contributed by atoms with Crippen molar-refractivity contribution in [2.24, 2.45) is 0 Å². The minimum absolute atomic E-state index is 0.0447. The first-order chi connectivity index (χ1) is 7.29. The van der Waals surface area contributed by atoms with E-state index < -0.39 is 18.6 Å². The first-order valence-corrected chi connectivity index (χ1v) is 4.48. The third kappa shape index (κ3) is 3.45. The minimum Gasteiger partial charge on any atom is -0.478 e. The van der Waals surface area contributed by atoms with Gasteiger partial charge in [0.1, 0.15) is 0 Å². The predicted molar refractivity (Wildman–Crippen MR) is 52.2 cm³/mol. The van der Waals surface area contributed by atoms with Gasteiger partial charge in [0.25, 0.3) is 0 Å². The Kier molecular flexibility index (Phi) is 3.41. The fourth-order valence-electron chi connectivity index (χ4n) is 1.23. The number of hydrogen-bond acceptors (Lipinski definition) is 2. The van der Waals surface area contributed by atoms with Gasteiger partial charge in [-0.2, -0.15) is 13.2 Å². The lowest BCUT2D eigenvalue weighted by atomic mass is 10.0. The van der Waals surface area contributed by atoms with Gasteiger partial charge in [-0.25, -0.2) is 4.79 Å².